The lowest BCUT2D eigenvalue weighted by atomic mass is 10.0. The van der Waals surface area contributed by atoms with Crippen molar-refractivity contribution < 1.29 is 9.84 Å². The molecule has 2 heterocycles. The maximum atomic E-state index is 10.0. The third-order valence-electron chi connectivity index (χ3n) is 2.95. The SMILES string of the molecule is CCn1nccc1CNCC1(O)CCOC1. The molecule has 0 saturated carbocycles. The smallest absolute Gasteiger partial charge is 0.103 e. The van der Waals surface area contributed by atoms with Gasteiger partial charge in [-0.2, -0.15) is 5.10 Å². The average Bonchev–Trinajstić information content (AvgIpc) is 2.88. The molecule has 1 unspecified atom stereocenters. The molecule has 1 aliphatic rings. The number of aromatic nitrogens is 2. The Morgan fingerprint density at radius 3 is 3.25 bits per heavy atom. The van der Waals surface area contributed by atoms with Crippen molar-refractivity contribution in [1.82, 2.24) is 15.1 Å². The van der Waals surface area contributed by atoms with Gasteiger partial charge < -0.3 is 15.2 Å². The number of nitrogens with zero attached hydrogens (tertiary/aromatic N) is 2. The standard InChI is InChI=1S/C11H19N3O2/c1-2-14-10(3-5-13-14)7-12-8-11(15)4-6-16-9-11/h3,5,12,15H,2,4,6-9H2,1H3. The van der Waals surface area contributed by atoms with Crippen LogP contribution in [0.25, 0.3) is 0 Å². The Morgan fingerprint density at radius 2 is 2.56 bits per heavy atom. The van der Waals surface area contributed by atoms with E-state index in [2.05, 4.69) is 17.3 Å². The highest BCUT2D eigenvalue weighted by Gasteiger charge is 2.31. The monoisotopic (exact) mass is 225 g/mol. The minimum Gasteiger partial charge on any atom is -0.386 e. The molecule has 16 heavy (non-hydrogen) atoms. The topological polar surface area (TPSA) is 59.3 Å². The van der Waals surface area contributed by atoms with E-state index >= 15 is 0 Å². The van der Waals surface area contributed by atoms with E-state index in [1.54, 1.807) is 6.20 Å². The van der Waals surface area contributed by atoms with Crippen LogP contribution in [0.1, 0.15) is 19.0 Å². The van der Waals surface area contributed by atoms with Crippen LogP contribution in [0.15, 0.2) is 12.3 Å². The molecule has 0 spiro atoms. The molecule has 0 aromatic carbocycles. The predicted molar refractivity (Wildman–Crippen MR) is 60.0 cm³/mol. The molecule has 5 heteroatoms. The van der Waals surface area contributed by atoms with E-state index in [1.807, 2.05) is 10.7 Å². The molecule has 2 N–H and O–H groups in total. The minimum absolute atomic E-state index is 0.438. The molecular formula is C11H19N3O2. The van der Waals surface area contributed by atoms with E-state index in [4.69, 9.17) is 4.74 Å². The Bertz CT molecular complexity index is 332. The Hall–Kier alpha value is -0.910. The van der Waals surface area contributed by atoms with Crippen LogP contribution >= 0.6 is 0 Å². The highest BCUT2D eigenvalue weighted by atomic mass is 16.5. The molecule has 0 bridgehead atoms. The summed E-state index contributed by atoms with van der Waals surface area (Å²) in [5.74, 6) is 0. The fourth-order valence-corrected chi connectivity index (χ4v) is 1.95. The molecule has 0 radical (unpaired) electrons. The van der Waals surface area contributed by atoms with Gasteiger partial charge in [-0.1, -0.05) is 0 Å². The summed E-state index contributed by atoms with van der Waals surface area (Å²) in [5, 5.41) is 17.5. The Kier molecular flexibility index (Phi) is 3.58. The molecule has 1 aromatic heterocycles. The normalized spacial score (nSPS) is 25.1. The molecule has 1 saturated heterocycles. The molecular weight excluding hydrogens is 206 g/mol. The lowest BCUT2D eigenvalue weighted by Gasteiger charge is -2.20. The molecule has 1 fully saturated rings. The largest absolute Gasteiger partial charge is 0.386 e. The van der Waals surface area contributed by atoms with Gasteiger partial charge in [-0.15, -0.1) is 0 Å². The minimum atomic E-state index is -0.683. The molecule has 5 nitrogen and oxygen atoms in total. The Morgan fingerprint density at radius 1 is 1.69 bits per heavy atom. The maximum Gasteiger partial charge on any atom is 0.103 e. The van der Waals surface area contributed by atoms with Crippen LogP contribution in [0.2, 0.25) is 0 Å². The van der Waals surface area contributed by atoms with Crippen LogP contribution in [-0.4, -0.2) is 40.2 Å². The van der Waals surface area contributed by atoms with Gasteiger partial charge in [0.15, 0.2) is 0 Å². The second-order valence-corrected chi connectivity index (χ2v) is 4.27. The molecule has 1 aliphatic heterocycles. The van der Waals surface area contributed by atoms with Gasteiger partial charge in [-0.3, -0.25) is 4.68 Å². The van der Waals surface area contributed by atoms with Crippen molar-refractivity contribution in [3.8, 4) is 0 Å². The van der Waals surface area contributed by atoms with Crippen molar-refractivity contribution in [2.45, 2.75) is 32.0 Å². The van der Waals surface area contributed by atoms with E-state index in [0.717, 1.165) is 18.8 Å². The van der Waals surface area contributed by atoms with Gasteiger partial charge in [0.2, 0.25) is 0 Å². The molecule has 1 aromatic rings. The number of aryl methyl sites for hydroxylation is 1. The second-order valence-electron chi connectivity index (χ2n) is 4.27. The number of ether oxygens (including phenoxy) is 1. The van der Waals surface area contributed by atoms with E-state index in [9.17, 15) is 5.11 Å². The van der Waals surface area contributed by atoms with Gasteiger partial charge in [-0.05, 0) is 13.0 Å². The predicted octanol–water partition coefficient (Wildman–Crippen LogP) is 0.144. The van der Waals surface area contributed by atoms with Crippen molar-refractivity contribution in [3.63, 3.8) is 0 Å². The zero-order valence-electron chi connectivity index (χ0n) is 9.65. The first kappa shape index (κ1) is 11.6. The number of nitrogens with one attached hydrogen (secondary N) is 1. The first-order chi connectivity index (χ1) is 7.73. The van der Waals surface area contributed by atoms with Crippen molar-refractivity contribution >= 4 is 0 Å². The van der Waals surface area contributed by atoms with Crippen molar-refractivity contribution in [3.05, 3.63) is 18.0 Å². The Balaban J connectivity index is 1.79. The average molecular weight is 225 g/mol. The number of aliphatic hydroxyl groups is 1. The summed E-state index contributed by atoms with van der Waals surface area (Å²) in [7, 11) is 0. The van der Waals surface area contributed by atoms with Crippen LogP contribution in [0.3, 0.4) is 0 Å². The van der Waals surface area contributed by atoms with Gasteiger partial charge in [0, 0.05) is 38.9 Å². The van der Waals surface area contributed by atoms with Gasteiger partial charge in [0.05, 0.1) is 12.3 Å². The number of rotatable bonds is 5. The van der Waals surface area contributed by atoms with E-state index < -0.39 is 5.60 Å². The zero-order valence-corrected chi connectivity index (χ0v) is 9.65. The fraction of sp³-hybridized carbons (Fsp3) is 0.727. The number of hydrogen-bond donors (Lipinski definition) is 2. The molecule has 90 valence electrons. The van der Waals surface area contributed by atoms with Gasteiger partial charge in [-0.25, -0.2) is 0 Å². The van der Waals surface area contributed by atoms with E-state index in [0.29, 0.717) is 26.2 Å². The molecule has 2 rings (SSSR count). The van der Waals surface area contributed by atoms with Gasteiger partial charge in [0.25, 0.3) is 0 Å². The van der Waals surface area contributed by atoms with Crippen LogP contribution in [0.5, 0.6) is 0 Å². The van der Waals surface area contributed by atoms with Crippen LogP contribution in [-0.2, 0) is 17.8 Å². The Labute approximate surface area is 95.4 Å². The van der Waals surface area contributed by atoms with Crippen LogP contribution in [0, 0.1) is 0 Å². The highest BCUT2D eigenvalue weighted by molar-refractivity contribution is 5.00. The van der Waals surface area contributed by atoms with Crippen LogP contribution < -0.4 is 5.32 Å². The summed E-state index contributed by atoms with van der Waals surface area (Å²) in [5.41, 5.74) is 0.460. The van der Waals surface area contributed by atoms with Gasteiger partial charge >= 0.3 is 0 Å². The molecule has 0 amide bonds. The highest BCUT2D eigenvalue weighted by Crippen LogP contribution is 2.17. The summed E-state index contributed by atoms with van der Waals surface area (Å²) < 4.78 is 7.13. The van der Waals surface area contributed by atoms with E-state index in [-0.39, 0.29) is 0 Å². The summed E-state index contributed by atoms with van der Waals surface area (Å²) in [6, 6.07) is 1.99. The zero-order chi connectivity index (χ0) is 11.4. The van der Waals surface area contributed by atoms with Crippen molar-refractivity contribution in [2.24, 2.45) is 0 Å². The summed E-state index contributed by atoms with van der Waals surface area (Å²) in [4.78, 5) is 0. The van der Waals surface area contributed by atoms with Gasteiger partial charge in [0.1, 0.15) is 5.60 Å². The third kappa shape index (κ3) is 2.61. The quantitative estimate of drug-likeness (QED) is 0.748. The lowest BCUT2D eigenvalue weighted by molar-refractivity contribution is 0.0267. The lowest BCUT2D eigenvalue weighted by Crippen LogP contribution is -2.41. The van der Waals surface area contributed by atoms with Crippen molar-refractivity contribution in [2.75, 3.05) is 19.8 Å². The second kappa shape index (κ2) is 4.95. The summed E-state index contributed by atoms with van der Waals surface area (Å²) >= 11 is 0. The molecule has 1 atom stereocenters. The molecule has 0 aliphatic carbocycles. The maximum absolute atomic E-state index is 10.0. The third-order valence-corrected chi connectivity index (χ3v) is 2.95. The van der Waals surface area contributed by atoms with Crippen LogP contribution in [0.4, 0.5) is 0 Å². The fourth-order valence-electron chi connectivity index (χ4n) is 1.95. The van der Waals surface area contributed by atoms with E-state index in [1.165, 1.54) is 0 Å². The summed E-state index contributed by atoms with van der Waals surface area (Å²) in [6.45, 7) is 5.34. The first-order valence-corrected chi connectivity index (χ1v) is 5.75. The first-order valence-electron chi connectivity index (χ1n) is 5.75. The number of hydrogen-bond acceptors (Lipinski definition) is 4. The van der Waals surface area contributed by atoms with Crippen molar-refractivity contribution in [1.29, 1.82) is 0 Å². The summed E-state index contributed by atoms with van der Waals surface area (Å²) in [6.07, 6.45) is 2.51.